The van der Waals surface area contributed by atoms with Crippen LogP contribution in [-0.2, 0) is 11.2 Å². The molecule has 2 aromatic carbocycles. The van der Waals surface area contributed by atoms with Crippen molar-refractivity contribution in [2.75, 3.05) is 0 Å². The molecule has 0 radical (unpaired) electrons. The minimum atomic E-state index is -0.301. The fraction of sp³-hybridized carbons (Fsp3) is 0.133. The van der Waals surface area contributed by atoms with Gasteiger partial charge in [0.15, 0.2) is 0 Å². The van der Waals surface area contributed by atoms with Crippen LogP contribution in [0, 0.1) is 6.92 Å². The van der Waals surface area contributed by atoms with Crippen molar-refractivity contribution in [3.63, 3.8) is 0 Å². The molecular formula is C15H15NO. The molecule has 2 heteroatoms. The van der Waals surface area contributed by atoms with E-state index in [-0.39, 0.29) is 12.3 Å². The fourth-order valence-electron chi connectivity index (χ4n) is 1.96. The molecule has 2 nitrogen and oxygen atoms in total. The maximum atomic E-state index is 11.0. The maximum Gasteiger partial charge on any atom is 0.221 e. The lowest BCUT2D eigenvalue weighted by molar-refractivity contribution is -0.117. The highest BCUT2D eigenvalue weighted by Gasteiger charge is 2.06. The first-order chi connectivity index (χ1) is 8.16. The van der Waals surface area contributed by atoms with Crippen LogP contribution in [0.5, 0.6) is 0 Å². The number of hydrogen-bond acceptors (Lipinski definition) is 1. The van der Waals surface area contributed by atoms with Crippen LogP contribution in [0.1, 0.15) is 11.1 Å². The molecule has 2 rings (SSSR count). The number of carbonyl (C=O) groups is 1. The lowest BCUT2D eigenvalue weighted by Crippen LogP contribution is -2.14. The number of aryl methyl sites for hydroxylation is 1. The lowest BCUT2D eigenvalue weighted by Gasteiger charge is -2.08. The van der Waals surface area contributed by atoms with Crippen molar-refractivity contribution >= 4 is 5.91 Å². The molecule has 0 heterocycles. The minimum absolute atomic E-state index is 0.282. The van der Waals surface area contributed by atoms with Crippen molar-refractivity contribution in [3.8, 4) is 11.1 Å². The average molecular weight is 225 g/mol. The fourth-order valence-corrected chi connectivity index (χ4v) is 1.96. The molecule has 0 unspecified atom stereocenters. The van der Waals surface area contributed by atoms with Gasteiger partial charge in [0.05, 0.1) is 6.42 Å². The summed E-state index contributed by atoms with van der Waals surface area (Å²) in [4.78, 5) is 11.0. The van der Waals surface area contributed by atoms with E-state index in [9.17, 15) is 4.79 Å². The monoisotopic (exact) mass is 225 g/mol. The smallest absolute Gasteiger partial charge is 0.221 e. The van der Waals surface area contributed by atoms with E-state index >= 15 is 0 Å². The summed E-state index contributed by atoms with van der Waals surface area (Å²) < 4.78 is 0. The predicted molar refractivity (Wildman–Crippen MR) is 69.5 cm³/mol. The highest BCUT2D eigenvalue weighted by molar-refractivity contribution is 5.80. The molecule has 2 aromatic rings. The Morgan fingerprint density at radius 3 is 2.59 bits per heavy atom. The van der Waals surface area contributed by atoms with Crippen LogP contribution in [0.3, 0.4) is 0 Å². The number of primary amides is 1. The van der Waals surface area contributed by atoms with Crippen LogP contribution < -0.4 is 5.73 Å². The van der Waals surface area contributed by atoms with Crippen LogP contribution in [0.15, 0.2) is 48.5 Å². The quantitative estimate of drug-likeness (QED) is 0.857. The molecule has 1 amide bonds. The number of carbonyl (C=O) groups excluding carboxylic acids is 1. The Bertz CT molecular complexity index is 546. The summed E-state index contributed by atoms with van der Waals surface area (Å²) in [5, 5.41) is 0. The molecule has 0 aromatic heterocycles. The number of benzene rings is 2. The van der Waals surface area contributed by atoms with E-state index in [0.717, 1.165) is 16.7 Å². The molecule has 0 fully saturated rings. The Hall–Kier alpha value is -2.09. The molecule has 0 aliphatic rings. The van der Waals surface area contributed by atoms with E-state index in [1.54, 1.807) is 0 Å². The summed E-state index contributed by atoms with van der Waals surface area (Å²) in [6.45, 7) is 2.06. The zero-order valence-corrected chi connectivity index (χ0v) is 9.81. The van der Waals surface area contributed by atoms with E-state index < -0.39 is 0 Å². The van der Waals surface area contributed by atoms with E-state index in [4.69, 9.17) is 5.73 Å². The minimum Gasteiger partial charge on any atom is -0.369 e. The van der Waals surface area contributed by atoms with Crippen molar-refractivity contribution in [2.24, 2.45) is 5.73 Å². The van der Waals surface area contributed by atoms with Crippen LogP contribution in [-0.4, -0.2) is 5.91 Å². The Labute approximate surface area is 101 Å². The van der Waals surface area contributed by atoms with Gasteiger partial charge < -0.3 is 5.73 Å². The third-order valence-electron chi connectivity index (χ3n) is 2.71. The topological polar surface area (TPSA) is 43.1 Å². The summed E-state index contributed by atoms with van der Waals surface area (Å²) in [5.74, 6) is -0.301. The van der Waals surface area contributed by atoms with Gasteiger partial charge in [-0.3, -0.25) is 4.79 Å². The number of nitrogens with two attached hydrogens (primary N) is 1. The van der Waals surface area contributed by atoms with E-state index in [1.807, 2.05) is 36.4 Å². The maximum absolute atomic E-state index is 11.0. The van der Waals surface area contributed by atoms with Crippen molar-refractivity contribution < 1.29 is 4.79 Å². The second-order valence-electron chi connectivity index (χ2n) is 4.17. The molecule has 2 N–H and O–H groups in total. The normalized spacial score (nSPS) is 10.2. The van der Waals surface area contributed by atoms with Crippen LogP contribution in [0.2, 0.25) is 0 Å². The molecule has 0 bridgehead atoms. The summed E-state index contributed by atoms with van der Waals surface area (Å²) in [6.07, 6.45) is 0.282. The number of amides is 1. The Balaban J connectivity index is 2.47. The second-order valence-corrected chi connectivity index (χ2v) is 4.17. The third-order valence-corrected chi connectivity index (χ3v) is 2.71. The van der Waals surface area contributed by atoms with Gasteiger partial charge in [0.1, 0.15) is 0 Å². The average Bonchev–Trinajstić information content (AvgIpc) is 2.29. The largest absolute Gasteiger partial charge is 0.369 e. The number of rotatable bonds is 3. The Morgan fingerprint density at radius 1 is 1.12 bits per heavy atom. The van der Waals surface area contributed by atoms with Gasteiger partial charge in [-0.2, -0.15) is 0 Å². The lowest BCUT2D eigenvalue weighted by atomic mass is 9.96. The number of hydrogen-bond donors (Lipinski definition) is 1. The standard InChI is InChI=1S/C15H15NO/c1-11-5-4-7-12(9-11)14-8-3-2-6-13(14)10-15(16)17/h2-9H,10H2,1H3,(H2,16,17). The van der Waals surface area contributed by atoms with Crippen LogP contribution in [0.25, 0.3) is 11.1 Å². The summed E-state index contributed by atoms with van der Waals surface area (Å²) >= 11 is 0. The van der Waals surface area contributed by atoms with Gasteiger partial charge in [-0.05, 0) is 23.6 Å². The van der Waals surface area contributed by atoms with Gasteiger partial charge in [-0.1, -0.05) is 54.1 Å². The third kappa shape index (κ3) is 2.72. The van der Waals surface area contributed by atoms with Crippen molar-refractivity contribution in [1.82, 2.24) is 0 Å². The van der Waals surface area contributed by atoms with Gasteiger partial charge in [-0.15, -0.1) is 0 Å². The first-order valence-electron chi connectivity index (χ1n) is 5.60. The van der Waals surface area contributed by atoms with E-state index in [1.165, 1.54) is 5.56 Å². The van der Waals surface area contributed by atoms with E-state index in [2.05, 4.69) is 19.1 Å². The predicted octanol–water partition coefficient (Wildman–Crippen LogP) is 2.69. The Kier molecular flexibility index (Phi) is 3.24. The van der Waals surface area contributed by atoms with Crippen LogP contribution in [0.4, 0.5) is 0 Å². The SMILES string of the molecule is Cc1cccc(-c2ccccc2CC(N)=O)c1. The van der Waals surface area contributed by atoms with Gasteiger partial charge >= 0.3 is 0 Å². The van der Waals surface area contributed by atoms with Gasteiger partial charge in [0, 0.05) is 0 Å². The Morgan fingerprint density at radius 2 is 1.88 bits per heavy atom. The molecule has 0 aliphatic heterocycles. The highest BCUT2D eigenvalue weighted by atomic mass is 16.1. The molecule has 0 atom stereocenters. The molecule has 0 saturated heterocycles. The first kappa shape index (κ1) is 11.4. The molecule has 17 heavy (non-hydrogen) atoms. The molecule has 0 spiro atoms. The second kappa shape index (κ2) is 4.83. The van der Waals surface area contributed by atoms with Crippen molar-refractivity contribution in [1.29, 1.82) is 0 Å². The zero-order valence-electron chi connectivity index (χ0n) is 9.81. The zero-order chi connectivity index (χ0) is 12.3. The molecule has 0 saturated carbocycles. The molecular weight excluding hydrogens is 210 g/mol. The first-order valence-corrected chi connectivity index (χ1v) is 5.60. The van der Waals surface area contributed by atoms with Crippen molar-refractivity contribution in [2.45, 2.75) is 13.3 Å². The van der Waals surface area contributed by atoms with E-state index in [0.29, 0.717) is 0 Å². The van der Waals surface area contributed by atoms with Gasteiger partial charge in [-0.25, -0.2) is 0 Å². The van der Waals surface area contributed by atoms with Gasteiger partial charge in [0.2, 0.25) is 5.91 Å². The molecule has 86 valence electrons. The summed E-state index contributed by atoms with van der Waals surface area (Å²) in [7, 11) is 0. The van der Waals surface area contributed by atoms with Crippen LogP contribution >= 0.6 is 0 Å². The van der Waals surface area contributed by atoms with Gasteiger partial charge in [0.25, 0.3) is 0 Å². The highest BCUT2D eigenvalue weighted by Crippen LogP contribution is 2.24. The summed E-state index contributed by atoms with van der Waals surface area (Å²) in [6, 6.07) is 16.1. The van der Waals surface area contributed by atoms with Crippen molar-refractivity contribution in [3.05, 3.63) is 59.7 Å². The summed E-state index contributed by atoms with van der Waals surface area (Å²) in [5.41, 5.74) is 9.65. The molecule has 0 aliphatic carbocycles.